The number of thioether (sulfide) groups is 1. The predicted molar refractivity (Wildman–Crippen MR) is 82.7 cm³/mol. The number of nitrogens with one attached hydrogen (secondary N) is 1. The van der Waals surface area contributed by atoms with Crippen LogP contribution in [0.15, 0.2) is 24.3 Å². The van der Waals surface area contributed by atoms with E-state index in [9.17, 15) is 9.59 Å². The number of nitrogen functional groups attached to an aromatic ring is 1. The first-order valence-electron chi connectivity index (χ1n) is 6.22. The van der Waals surface area contributed by atoms with E-state index in [4.69, 9.17) is 10.5 Å². The SMILES string of the molecule is CC(C)(C)OC(=O)CSCC(=O)Nc1ccccc1N. The van der Waals surface area contributed by atoms with Crippen LogP contribution in [0.4, 0.5) is 11.4 Å². The van der Waals surface area contributed by atoms with Crippen molar-refractivity contribution in [3.63, 3.8) is 0 Å². The summed E-state index contributed by atoms with van der Waals surface area (Å²) in [7, 11) is 0. The fraction of sp³-hybridized carbons (Fsp3) is 0.429. The third-order valence-electron chi connectivity index (χ3n) is 2.11. The van der Waals surface area contributed by atoms with Gasteiger partial charge in [0.1, 0.15) is 5.60 Å². The van der Waals surface area contributed by atoms with Crippen molar-refractivity contribution < 1.29 is 14.3 Å². The van der Waals surface area contributed by atoms with E-state index in [1.165, 1.54) is 11.8 Å². The maximum absolute atomic E-state index is 11.7. The maximum atomic E-state index is 11.7. The van der Waals surface area contributed by atoms with Crippen molar-refractivity contribution in [3.05, 3.63) is 24.3 Å². The number of ether oxygens (including phenoxy) is 1. The van der Waals surface area contributed by atoms with E-state index in [1.807, 2.05) is 0 Å². The molecule has 0 heterocycles. The summed E-state index contributed by atoms with van der Waals surface area (Å²) in [4.78, 5) is 23.1. The molecule has 0 radical (unpaired) electrons. The number of anilines is 2. The first-order chi connectivity index (χ1) is 9.28. The second kappa shape index (κ2) is 7.19. The van der Waals surface area contributed by atoms with Gasteiger partial charge in [-0.15, -0.1) is 11.8 Å². The van der Waals surface area contributed by atoms with Gasteiger partial charge in [0.25, 0.3) is 0 Å². The van der Waals surface area contributed by atoms with Gasteiger partial charge in [0, 0.05) is 0 Å². The molecule has 0 atom stereocenters. The number of esters is 1. The van der Waals surface area contributed by atoms with Gasteiger partial charge in [-0.3, -0.25) is 9.59 Å². The number of hydrogen-bond acceptors (Lipinski definition) is 5. The van der Waals surface area contributed by atoms with Crippen LogP contribution in [0.3, 0.4) is 0 Å². The summed E-state index contributed by atoms with van der Waals surface area (Å²) >= 11 is 1.21. The van der Waals surface area contributed by atoms with E-state index < -0.39 is 5.60 Å². The lowest BCUT2D eigenvalue weighted by Gasteiger charge is -2.19. The smallest absolute Gasteiger partial charge is 0.316 e. The van der Waals surface area contributed by atoms with Crippen molar-refractivity contribution in [1.82, 2.24) is 0 Å². The normalized spacial score (nSPS) is 10.9. The van der Waals surface area contributed by atoms with Crippen molar-refractivity contribution in [2.24, 2.45) is 0 Å². The molecule has 0 aliphatic rings. The summed E-state index contributed by atoms with van der Waals surface area (Å²) in [5.74, 6) is -0.200. The molecule has 20 heavy (non-hydrogen) atoms. The lowest BCUT2D eigenvalue weighted by Crippen LogP contribution is -2.25. The Balaban J connectivity index is 2.31. The highest BCUT2D eigenvalue weighted by molar-refractivity contribution is 8.00. The van der Waals surface area contributed by atoms with Crippen molar-refractivity contribution in [2.45, 2.75) is 26.4 Å². The molecule has 0 spiro atoms. The molecule has 0 bridgehead atoms. The van der Waals surface area contributed by atoms with Crippen LogP contribution in [0.5, 0.6) is 0 Å². The van der Waals surface area contributed by atoms with Crippen molar-refractivity contribution in [1.29, 1.82) is 0 Å². The first-order valence-corrected chi connectivity index (χ1v) is 7.37. The molecule has 110 valence electrons. The van der Waals surface area contributed by atoms with Crippen LogP contribution in [0.1, 0.15) is 20.8 Å². The first kappa shape index (κ1) is 16.4. The Morgan fingerprint density at radius 1 is 1.25 bits per heavy atom. The summed E-state index contributed by atoms with van der Waals surface area (Å²) in [6.45, 7) is 5.42. The van der Waals surface area contributed by atoms with Gasteiger partial charge in [0.15, 0.2) is 0 Å². The highest BCUT2D eigenvalue weighted by atomic mass is 32.2. The zero-order chi connectivity index (χ0) is 15.2. The molecular formula is C14H20N2O3S. The van der Waals surface area contributed by atoms with Crippen LogP contribution in [0, 0.1) is 0 Å². The van der Waals surface area contributed by atoms with E-state index in [0.29, 0.717) is 11.4 Å². The van der Waals surface area contributed by atoms with Crippen LogP contribution >= 0.6 is 11.8 Å². The van der Waals surface area contributed by atoms with Crippen LogP contribution in [-0.4, -0.2) is 29.0 Å². The van der Waals surface area contributed by atoms with E-state index in [1.54, 1.807) is 45.0 Å². The van der Waals surface area contributed by atoms with Crippen LogP contribution in [0.25, 0.3) is 0 Å². The molecule has 0 fully saturated rings. The van der Waals surface area contributed by atoms with Gasteiger partial charge >= 0.3 is 5.97 Å². The Labute approximate surface area is 123 Å². The molecule has 0 aromatic heterocycles. The number of para-hydroxylation sites is 2. The number of amides is 1. The lowest BCUT2D eigenvalue weighted by atomic mass is 10.2. The van der Waals surface area contributed by atoms with Crippen molar-refractivity contribution >= 4 is 35.0 Å². The van der Waals surface area contributed by atoms with Crippen LogP contribution in [0.2, 0.25) is 0 Å². The van der Waals surface area contributed by atoms with Gasteiger partial charge < -0.3 is 15.8 Å². The third kappa shape index (κ3) is 6.47. The molecule has 0 aliphatic heterocycles. The Hall–Kier alpha value is -1.69. The summed E-state index contributed by atoms with van der Waals surface area (Å²) < 4.78 is 5.15. The van der Waals surface area contributed by atoms with Gasteiger partial charge in [-0.25, -0.2) is 0 Å². The topological polar surface area (TPSA) is 81.4 Å². The summed E-state index contributed by atoms with van der Waals surface area (Å²) in [6.07, 6.45) is 0. The largest absolute Gasteiger partial charge is 0.459 e. The zero-order valence-electron chi connectivity index (χ0n) is 11.9. The Morgan fingerprint density at radius 2 is 1.90 bits per heavy atom. The summed E-state index contributed by atoms with van der Waals surface area (Å²) in [5.41, 5.74) is 6.31. The number of carbonyl (C=O) groups is 2. The van der Waals surface area contributed by atoms with E-state index >= 15 is 0 Å². The van der Waals surface area contributed by atoms with E-state index in [0.717, 1.165) is 0 Å². The maximum Gasteiger partial charge on any atom is 0.316 e. The second-order valence-corrected chi connectivity index (χ2v) is 6.20. The van der Waals surface area contributed by atoms with Crippen LogP contribution < -0.4 is 11.1 Å². The Morgan fingerprint density at radius 3 is 2.50 bits per heavy atom. The highest BCUT2D eigenvalue weighted by Gasteiger charge is 2.16. The molecule has 3 N–H and O–H groups in total. The molecule has 0 aliphatic carbocycles. The molecule has 5 nitrogen and oxygen atoms in total. The van der Waals surface area contributed by atoms with Gasteiger partial charge in [-0.2, -0.15) is 0 Å². The molecule has 1 rings (SSSR count). The lowest BCUT2D eigenvalue weighted by molar-refractivity contribution is -0.151. The quantitative estimate of drug-likeness (QED) is 0.643. The standard InChI is InChI=1S/C14H20N2O3S/c1-14(2,3)19-13(18)9-20-8-12(17)16-11-7-5-4-6-10(11)15/h4-7H,8-9,15H2,1-3H3,(H,16,17). The second-order valence-electron chi connectivity index (χ2n) is 5.21. The van der Waals surface area contributed by atoms with E-state index in [2.05, 4.69) is 5.32 Å². The predicted octanol–water partition coefficient (Wildman–Crippen LogP) is 2.28. The average molecular weight is 296 g/mol. The Kier molecular flexibility index (Phi) is 5.88. The van der Waals surface area contributed by atoms with Crippen molar-refractivity contribution in [3.8, 4) is 0 Å². The minimum Gasteiger partial charge on any atom is -0.459 e. The van der Waals surface area contributed by atoms with Gasteiger partial charge in [-0.1, -0.05) is 12.1 Å². The monoisotopic (exact) mass is 296 g/mol. The summed E-state index contributed by atoms with van der Waals surface area (Å²) in [5, 5.41) is 2.70. The summed E-state index contributed by atoms with van der Waals surface area (Å²) in [6, 6.07) is 7.03. The molecule has 6 heteroatoms. The molecule has 1 aromatic rings. The number of hydrogen-bond donors (Lipinski definition) is 2. The van der Waals surface area contributed by atoms with Gasteiger partial charge in [0.05, 0.1) is 22.9 Å². The van der Waals surface area contributed by atoms with Crippen molar-refractivity contribution in [2.75, 3.05) is 22.6 Å². The fourth-order valence-electron chi connectivity index (χ4n) is 1.40. The minimum atomic E-state index is -0.502. The molecule has 0 saturated heterocycles. The molecule has 0 saturated carbocycles. The highest BCUT2D eigenvalue weighted by Crippen LogP contribution is 2.17. The molecule has 1 amide bonds. The Bertz CT molecular complexity index is 484. The average Bonchev–Trinajstić information content (AvgIpc) is 2.29. The van der Waals surface area contributed by atoms with Gasteiger partial charge in [-0.05, 0) is 32.9 Å². The number of carbonyl (C=O) groups excluding carboxylic acids is 2. The fourth-order valence-corrected chi connectivity index (χ4v) is 1.98. The molecular weight excluding hydrogens is 276 g/mol. The van der Waals surface area contributed by atoms with Crippen LogP contribution in [-0.2, 0) is 14.3 Å². The number of rotatable bonds is 5. The number of nitrogens with two attached hydrogens (primary N) is 1. The third-order valence-corrected chi connectivity index (χ3v) is 3.01. The molecule has 1 aromatic carbocycles. The minimum absolute atomic E-state index is 0.148. The zero-order valence-corrected chi connectivity index (χ0v) is 12.8. The van der Waals surface area contributed by atoms with Gasteiger partial charge in [0.2, 0.25) is 5.91 Å². The van der Waals surface area contributed by atoms with E-state index in [-0.39, 0.29) is 23.4 Å². The molecule has 0 unspecified atom stereocenters. The number of benzene rings is 1.